The van der Waals surface area contributed by atoms with Gasteiger partial charge in [0, 0.05) is 11.3 Å². The summed E-state index contributed by atoms with van der Waals surface area (Å²) in [5.74, 6) is -0.629. The largest absolute Gasteiger partial charge is 0.353 e. The molecular formula is C16H17N3O3. The zero-order chi connectivity index (χ0) is 15.6. The number of hydrogen-bond acceptors (Lipinski definition) is 5. The predicted molar refractivity (Wildman–Crippen MR) is 80.1 cm³/mol. The number of carbonyl (C=O) groups is 2. The van der Waals surface area contributed by atoms with Crippen molar-refractivity contribution in [1.29, 1.82) is 0 Å². The number of aliphatic imine (C=N–C) groups is 1. The minimum absolute atomic E-state index is 0.129. The fraction of sp³-hybridized carbons (Fsp3) is 0.438. The molecule has 1 heterocycles. The molecule has 1 saturated heterocycles. The van der Waals surface area contributed by atoms with Crippen molar-refractivity contribution in [2.24, 2.45) is 4.99 Å². The lowest BCUT2D eigenvalue weighted by molar-refractivity contribution is -0.130. The Kier molecular flexibility index (Phi) is 3.77. The van der Waals surface area contributed by atoms with Gasteiger partial charge in [0.15, 0.2) is 0 Å². The molecule has 0 atom stereocenters. The molecule has 6 heteroatoms. The average molecular weight is 299 g/mol. The number of para-hydroxylation sites is 1. The molecule has 2 amide bonds. The first-order valence-electron chi connectivity index (χ1n) is 7.41. The van der Waals surface area contributed by atoms with Crippen LogP contribution in [-0.2, 0) is 19.9 Å². The highest BCUT2D eigenvalue weighted by molar-refractivity contribution is 6.02. The monoisotopic (exact) mass is 299 g/mol. The number of hydrogen-bond donors (Lipinski definition) is 1. The molecule has 2 aliphatic rings. The lowest BCUT2D eigenvalue weighted by atomic mass is 9.87. The first kappa shape index (κ1) is 14.5. The van der Waals surface area contributed by atoms with Crippen molar-refractivity contribution in [2.75, 3.05) is 18.0 Å². The number of imide groups is 1. The second-order valence-electron chi connectivity index (χ2n) is 5.79. The molecule has 6 nitrogen and oxygen atoms in total. The van der Waals surface area contributed by atoms with Gasteiger partial charge >= 0.3 is 0 Å². The Bertz CT molecular complexity index is 642. The van der Waals surface area contributed by atoms with Crippen molar-refractivity contribution in [3.63, 3.8) is 0 Å². The van der Waals surface area contributed by atoms with Crippen LogP contribution in [0, 0.1) is 0 Å². The average Bonchev–Trinajstić information content (AvgIpc) is 2.96. The molecule has 1 saturated carbocycles. The molecule has 0 bridgehead atoms. The van der Waals surface area contributed by atoms with E-state index in [0.717, 1.165) is 36.9 Å². The molecule has 0 spiro atoms. The zero-order valence-corrected chi connectivity index (χ0v) is 12.2. The standard InChI is InChI=1S/C16H17N3O3/c20-11-17-16(7-3-4-8-16)12-5-1-2-6-13(12)19-9-14(21)18-15(22)10-19/h1-2,5-6H,3-4,7-10H2,(H,18,21,22). The number of amides is 2. The van der Waals surface area contributed by atoms with E-state index in [1.807, 2.05) is 24.3 Å². The van der Waals surface area contributed by atoms with Crippen molar-refractivity contribution < 1.29 is 14.4 Å². The van der Waals surface area contributed by atoms with Crippen LogP contribution in [-0.4, -0.2) is 31.0 Å². The van der Waals surface area contributed by atoms with E-state index in [1.165, 1.54) is 0 Å². The van der Waals surface area contributed by atoms with Crippen LogP contribution in [0.25, 0.3) is 0 Å². The minimum Gasteiger partial charge on any atom is -0.353 e. The number of isocyanates is 1. The van der Waals surface area contributed by atoms with Crippen molar-refractivity contribution in [3.8, 4) is 0 Å². The smallest absolute Gasteiger partial charge is 0.246 e. The molecule has 1 N–H and O–H groups in total. The molecular weight excluding hydrogens is 282 g/mol. The van der Waals surface area contributed by atoms with E-state index in [-0.39, 0.29) is 24.9 Å². The second kappa shape index (κ2) is 5.73. The number of rotatable bonds is 3. The van der Waals surface area contributed by atoms with Crippen molar-refractivity contribution >= 4 is 23.6 Å². The first-order chi connectivity index (χ1) is 10.6. The lowest BCUT2D eigenvalue weighted by Crippen LogP contribution is -2.52. The minimum atomic E-state index is -0.574. The maximum absolute atomic E-state index is 11.6. The predicted octanol–water partition coefficient (Wildman–Crippen LogP) is 1.25. The molecule has 22 heavy (non-hydrogen) atoms. The molecule has 114 valence electrons. The van der Waals surface area contributed by atoms with Gasteiger partial charge in [-0.25, -0.2) is 4.79 Å². The summed E-state index contributed by atoms with van der Waals surface area (Å²) in [6.45, 7) is 0.257. The van der Waals surface area contributed by atoms with E-state index in [9.17, 15) is 14.4 Å². The van der Waals surface area contributed by atoms with E-state index in [4.69, 9.17) is 0 Å². The third-order valence-electron chi connectivity index (χ3n) is 4.38. The van der Waals surface area contributed by atoms with Crippen LogP contribution in [0.1, 0.15) is 31.2 Å². The molecule has 0 aromatic heterocycles. The third kappa shape index (κ3) is 2.53. The van der Waals surface area contributed by atoms with Crippen LogP contribution < -0.4 is 10.2 Å². The van der Waals surface area contributed by atoms with E-state index in [0.29, 0.717) is 0 Å². The summed E-state index contributed by atoms with van der Waals surface area (Å²) in [5, 5.41) is 2.30. The summed E-state index contributed by atoms with van der Waals surface area (Å²) in [5.41, 5.74) is 1.12. The Morgan fingerprint density at radius 3 is 2.36 bits per heavy atom. The van der Waals surface area contributed by atoms with Gasteiger partial charge in [0.2, 0.25) is 17.9 Å². The van der Waals surface area contributed by atoms with E-state index in [2.05, 4.69) is 10.3 Å². The number of benzene rings is 1. The highest BCUT2D eigenvalue weighted by atomic mass is 16.2. The van der Waals surface area contributed by atoms with Crippen LogP contribution in [0.15, 0.2) is 29.3 Å². The highest BCUT2D eigenvalue weighted by Gasteiger charge is 2.39. The Hall–Kier alpha value is -2.46. The fourth-order valence-electron chi connectivity index (χ4n) is 3.44. The highest BCUT2D eigenvalue weighted by Crippen LogP contribution is 2.45. The molecule has 0 radical (unpaired) electrons. The zero-order valence-electron chi connectivity index (χ0n) is 12.2. The molecule has 2 fully saturated rings. The van der Waals surface area contributed by atoms with Gasteiger partial charge in [-0.15, -0.1) is 0 Å². The molecule has 3 rings (SSSR count). The van der Waals surface area contributed by atoms with Crippen molar-refractivity contribution in [1.82, 2.24) is 5.32 Å². The maximum atomic E-state index is 11.6. The quantitative estimate of drug-likeness (QED) is 0.517. The molecule has 1 aliphatic carbocycles. The van der Waals surface area contributed by atoms with Gasteiger partial charge in [-0.3, -0.25) is 14.9 Å². The van der Waals surface area contributed by atoms with Gasteiger partial charge in [-0.05, 0) is 18.9 Å². The number of piperazine rings is 1. The summed E-state index contributed by atoms with van der Waals surface area (Å²) in [6, 6.07) is 7.56. The van der Waals surface area contributed by atoms with Gasteiger partial charge in [0.25, 0.3) is 0 Å². The summed E-state index contributed by atoms with van der Waals surface area (Å²) >= 11 is 0. The van der Waals surface area contributed by atoms with Crippen molar-refractivity contribution in [3.05, 3.63) is 29.8 Å². The van der Waals surface area contributed by atoms with Gasteiger partial charge in [0.1, 0.15) is 5.54 Å². The second-order valence-corrected chi connectivity index (χ2v) is 5.79. The Labute approximate surface area is 128 Å². The van der Waals surface area contributed by atoms with Gasteiger partial charge in [-0.1, -0.05) is 31.0 Å². The van der Waals surface area contributed by atoms with Gasteiger partial charge in [-0.2, -0.15) is 4.99 Å². The number of nitrogens with one attached hydrogen (secondary N) is 1. The van der Waals surface area contributed by atoms with Crippen LogP contribution >= 0.6 is 0 Å². The van der Waals surface area contributed by atoms with Crippen LogP contribution in [0.2, 0.25) is 0 Å². The topological polar surface area (TPSA) is 78.8 Å². The molecule has 1 aromatic rings. The molecule has 1 aromatic carbocycles. The Balaban J connectivity index is 2.04. The summed E-state index contributed by atoms with van der Waals surface area (Å²) in [4.78, 5) is 40.0. The lowest BCUT2D eigenvalue weighted by Gasteiger charge is -2.33. The fourth-order valence-corrected chi connectivity index (χ4v) is 3.44. The summed E-state index contributed by atoms with van der Waals surface area (Å²) < 4.78 is 0. The van der Waals surface area contributed by atoms with E-state index >= 15 is 0 Å². The summed E-state index contributed by atoms with van der Waals surface area (Å²) in [7, 11) is 0. The number of anilines is 1. The number of carbonyl (C=O) groups excluding carboxylic acids is 3. The van der Waals surface area contributed by atoms with Crippen molar-refractivity contribution in [2.45, 2.75) is 31.2 Å². The Morgan fingerprint density at radius 2 is 1.73 bits per heavy atom. The SMILES string of the molecule is O=C=NC1(c2ccccc2N2CC(=O)NC(=O)C2)CCCC1. The van der Waals surface area contributed by atoms with Gasteiger partial charge in [0.05, 0.1) is 13.1 Å². The van der Waals surface area contributed by atoms with E-state index in [1.54, 1.807) is 11.0 Å². The molecule has 1 aliphatic heterocycles. The normalized spacial score (nSPS) is 20.5. The van der Waals surface area contributed by atoms with Crippen LogP contribution in [0.3, 0.4) is 0 Å². The Morgan fingerprint density at radius 1 is 1.09 bits per heavy atom. The first-order valence-corrected chi connectivity index (χ1v) is 7.41. The van der Waals surface area contributed by atoms with Gasteiger partial charge < -0.3 is 4.90 Å². The van der Waals surface area contributed by atoms with Crippen LogP contribution in [0.4, 0.5) is 5.69 Å². The number of nitrogens with zero attached hydrogens (tertiary/aromatic N) is 2. The molecule has 0 unspecified atom stereocenters. The van der Waals surface area contributed by atoms with Crippen LogP contribution in [0.5, 0.6) is 0 Å². The third-order valence-corrected chi connectivity index (χ3v) is 4.38. The summed E-state index contributed by atoms with van der Waals surface area (Å²) in [6.07, 6.45) is 5.27. The maximum Gasteiger partial charge on any atom is 0.246 e. The van der Waals surface area contributed by atoms with E-state index < -0.39 is 5.54 Å².